The average Bonchev–Trinajstić information content (AvgIpc) is 2.67. The first-order chi connectivity index (χ1) is 7.58. The first-order valence-corrected chi connectivity index (χ1v) is 6.57. The molecule has 16 heavy (non-hydrogen) atoms. The monoisotopic (exact) mass is 319 g/mol. The molecule has 0 aliphatic carbocycles. The molecule has 0 bridgehead atoms. The van der Waals surface area contributed by atoms with E-state index >= 15 is 0 Å². The maximum absolute atomic E-state index is 13.1. The van der Waals surface area contributed by atoms with Gasteiger partial charge in [-0.05, 0) is 45.8 Å². The zero-order valence-corrected chi connectivity index (χ0v) is 11.2. The number of nitrogens with two attached hydrogens (primary N) is 1. The number of benzene rings is 1. The molecule has 0 aliphatic rings. The van der Waals surface area contributed by atoms with Gasteiger partial charge in [0.1, 0.15) is 5.82 Å². The van der Waals surface area contributed by atoms with Gasteiger partial charge in [0.2, 0.25) is 0 Å². The van der Waals surface area contributed by atoms with Gasteiger partial charge in [-0.25, -0.2) is 4.39 Å². The van der Waals surface area contributed by atoms with Gasteiger partial charge < -0.3 is 5.73 Å². The van der Waals surface area contributed by atoms with Crippen LogP contribution >= 0.6 is 38.9 Å². The normalized spacial score (nSPS) is 12.8. The van der Waals surface area contributed by atoms with Crippen LogP contribution in [0, 0.1) is 5.82 Å². The summed E-state index contributed by atoms with van der Waals surface area (Å²) in [4.78, 5) is 0.944. The summed E-state index contributed by atoms with van der Waals surface area (Å²) >= 11 is 10.9. The summed E-state index contributed by atoms with van der Waals surface area (Å²) in [6.45, 7) is 0. The predicted molar refractivity (Wildman–Crippen MR) is 69.5 cm³/mol. The quantitative estimate of drug-likeness (QED) is 0.874. The standard InChI is InChI=1S/C11H8BrClFNS/c12-6-3-10(16-5-6)11(15)8-4-7(14)1-2-9(8)13/h1-5,11H,15H2. The van der Waals surface area contributed by atoms with Crippen molar-refractivity contribution in [1.29, 1.82) is 0 Å². The highest BCUT2D eigenvalue weighted by Gasteiger charge is 2.15. The van der Waals surface area contributed by atoms with Gasteiger partial charge >= 0.3 is 0 Å². The van der Waals surface area contributed by atoms with Crippen molar-refractivity contribution in [2.45, 2.75) is 6.04 Å². The molecule has 5 heteroatoms. The van der Waals surface area contributed by atoms with Crippen molar-refractivity contribution in [3.63, 3.8) is 0 Å². The van der Waals surface area contributed by atoms with Crippen LogP contribution in [0.3, 0.4) is 0 Å². The summed E-state index contributed by atoms with van der Waals surface area (Å²) < 4.78 is 14.1. The lowest BCUT2D eigenvalue weighted by Gasteiger charge is -2.11. The van der Waals surface area contributed by atoms with Crippen LogP contribution in [0.1, 0.15) is 16.5 Å². The van der Waals surface area contributed by atoms with E-state index in [9.17, 15) is 4.39 Å². The minimum Gasteiger partial charge on any atom is -0.320 e. The van der Waals surface area contributed by atoms with Crippen molar-refractivity contribution in [2.24, 2.45) is 5.73 Å². The van der Waals surface area contributed by atoms with Crippen LogP contribution in [0.25, 0.3) is 0 Å². The molecule has 2 aromatic rings. The molecule has 1 nitrogen and oxygen atoms in total. The second-order valence-electron chi connectivity index (χ2n) is 3.31. The number of hydrogen-bond donors (Lipinski definition) is 1. The van der Waals surface area contributed by atoms with E-state index in [1.54, 1.807) is 0 Å². The van der Waals surface area contributed by atoms with E-state index in [1.165, 1.54) is 29.5 Å². The van der Waals surface area contributed by atoms with Gasteiger partial charge in [-0.15, -0.1) is 11.3 Å². The van der Waals surface area contributed by atoms with Crippen molar-refractivity contribution in [3.05, 3.63) is 55.4 Å². The minimum atomic E-state index is -0.389. The maximum Gasteiger partial charge on any atom is 0.123 e. The molecule has 1 aromatic carbocycles. The molecule has 1 atom stereocenters. The molecule has 0 aliphatic heterocycles. The predicted octanol–water partition coefficient (Wildman–Crippen LogP) is 4.35. The van der Waals surface area contributed by atoms with Gasteiger partial charge in [-0.3, -0.25) is 0 Å². The van der Waals surface area contributed by atoms with Crippen molar-refractivity contribution >= 4 is 38.9 Å². The van der Waals surface area contributed by atoms with Crippen LogP contribution in [0.2, 0.25) is 5.02 Å². The van der Waals surface area contributed by atoms with Gasteiger partial charge in [0, 0.05) is 19.8 Å². The van der Waals surface area contributed by atoms with Crippen LogP contribution in [0.4, 0.5) is 4.39 Å². The molecule has 0 saturated heterocycles. The molecule has 1 heterocycles. The molecular weight excluding hydrogens is 313 g/mol. The third-order valence-electron chi connectivity index (χ3n) is 2.19. The maximum atomic E-state index is 13.1. The fourth-order valence-corrected chi connectivity index (χ4v) is 3.10. The Morgan fingerprint density at radius 2 is 2.12 bits per heavy atom. The number of rotatable bonds is 2. The zero-order valence-electron chi connectivity index (χ0n) is 8.08. The smallest absolute Gasteiger partial charge is 0.123 e. The van der Waals surface area contributed by atoms with Crippen LogP contribution in [-0.2, 0) is 0 Å². The van der Waals surface area contributed by atoms with E-state index in [0.717, 1.165) is 9.35 Å². The molecule has 84 valence electrons. The van der Waals surface area contributed by atoms with E-state index in [0.29, 0.717) is 10.6 Å². The van der Waals surface area contributed by atoms with Crippen LogP contribution < -0.4 is 5.73 Å². The molecule has 0 radical (unpaired) electrons. The third-order valence-corrected chi connectivity index (χ3v) is 4.31. The second-order valence-corrected chi connectivity index (χ2v) is 5.58. The SMILES string of the molecule is NC(c1cc(Br)cs1)c1cc(F)ccc1Cl. The Kier molecular flexibility index (Phi) is 3.64. The fourth-order valence-electron chi connectivity index (χ4n) is 1.40. The average molecular weight is 321 g/mol. The third kappa shape index (κ3) is 2.46. The fraction of sp³-hybridized carbons (Fsp3) is 0.0909. The van der Waals surface area contributed by atoms with E-state index in [4.69, 9.17) is 17.3 Å². The number of thiophene rings is 1. The Labute approximate surface area is 110 Å². The summed E-state index contributed by atoms with van der Waals surface area (Å²) in [5.41, 5.74) is 6.65. The van der Waals surface area contributed by atoms with Crippen molar-refractivity contribution in [1.82, 2.24) is 0 Å². The molecule has 0 amide bonds. The molecule has 2 rings (SSSR count). The van der Waals surface area contributed by atoms with Crippen LogP contribution in [0.5, 0.6) is 0 Å². The largest absolute Gasteiger partial charge is 0.320 e. The Morgan fingerprint density at radius 3 is 2.75 bits per heavy atom. The second kappa shape index (κ2) is 4.84. The minimum absolute atomic E-state index is 0.328. The van der Waals surface area contributed by atoms with Gasteiger partial charge in [0.15, 0.2) is 0 Å². The molecule has 0 spiro atoms. The summed E-state index contributed by atoms with van der Waals surface area (Å²) in [6.07, 6.45) is 0. The highest BCUT2D eigenvalue weighted by atomic mass is 79.9. The van der Waals surface area contributed by atoms with Gasteiger partial charge in [-0.2, -0.15) is 0 Å². The lowest BCUT2D eigenvalue weighted by Crippen LogP contribution is -2.11. The number of hydrogen-bond acceptors (Lipinski definition) is 2. The van der Waals surface area contributed by atoms with Crippen LogP contribution in [0.15, 0.2) is 34.1 Å². The van der Waals surface area contributed by atoms with Gasteiger partial charge in [0.05, 0.1) is 6.04 Å². The Morgan fingerprint density at radius 1 is 1.38 bits per heavy atom. The molecule has 1 unspecified atom stereocenters. The van der Waals surface area contributed by atoms with Gasteiger partial charge in [0.25, 0.3) is 0 Å². The summed E-state index contributed by atoms with van der Waals surface area (Å²) in [6, 6.07) is 5.74. The summed E-state index contributed by atoms with van der Waals surface area (Å²) in [7, 11) is 0. The highest BCUT2D eigenvalue weighted by Crippen LogP contribution is 2.32. The lowest BCUT2D eigenvalue weighted by molar-refractivity contribution is 0.624. The lowest BCUT2D eigenvalue weighted by atomic mass is 10.1. The first kappa shape index (κ1) is 12.0. The topological polar surface area (TPSA) is 26.0 Å². The Balaban J connectivity index is 2.40. The first-order valence-electron chi connectivity index (χ1n) is 4.52. The van der Waals surface area contributed by atoms with Crippen molar-refractivity contribution < 1.29 is 4.39 Å². The molecular formula is C11H8BrClFNS. The molecule has 2 N–H and O–H groups in total. The Bertz CT molecular complexity index is 514. The van der Waals surface area contributed by atoms with E-state index in [1.807, 2.05) is 11.4 Å². The van der Waals surface area contributed by atoms with E-state index < -0.39 is 0 Å². The highest BCUT2D eigenvalue weighted by molar-refractivity contribution is 9.10. The van der Waals surface area contributed by atoms with Crippen LogP contribution in [-0.4, -0.2) is 0 Å². The van der Waals surface area contributed by atoms with Crippen molar-refractivity contribution in [3.8, 4) is 0 Å². The van der Waals surface area contributed by atoms with E-state index in [2.05, 4.69) is 15.9 Å². The summed E-state index contributed by atoms with van der Waals surface area (Å²) in [5, 5.41) is 2.42. The molecule has 0 saturated carbocycles. The Hall–Kier alpha value is -0.420. The zero-order chi connectivity index (χ0) is 11.7. The molecule has 0 fully saturated rings. The van der Waals surface area contributed by atoms with E-state index in [-0.39, 0.29) is 11.9 Å². The van der Waals surface area contributed by atoms with Crippen molar-refractivity contribution in [2.75, 3.05) is 0 Å². The number of halogens is 3. The molecule has 1 aromatic heterocycles. The van der Waals surface area contributed by atoms with Gasteiger partial charge in [-0.1, -0.05) is 11.6 Å². The summed E-state index contributed by atoms with van der Waals surface area (Å²) in [5.74, 6) is -0.328.